The minimum Gasteiger partial charge on any atom is -0.465 e. The van der Waals surface area contributed by atoms with E-state index in [1.165, 1.54) is 20.3 Å². The molecule has 0 unspecified atom stereocenters. The lowest BCUT2D eigenvalue weighted by Gasteiger charge is -2.06. The molecule has 0 fully saturated rings. The molecule has 0 aromatic heterocycles. The van der Waals surface area contributed by atoms with Gasteiger partial charge in [-0.3, -0.25) is 4.99 Å². The van der Waals surface area contributed by atoms with Gasteiger partial charge in [0.25, 0.3) is 0 Å². The van der Waals surface area contributed by atoms with Crippen molar-refractivity contribution in [3.8, 4) is 0 Å². The van der Waals surface area contributed by atoms with Gasteiger partial charge in [-0.05, 0) is 30.5 Å². The average molecular weight is 235 g/mol. The van der Waals surface area contributed by atoms with E-state index in [0.29, 0.717) is 12.1 Å². The van der Waals surface area contributed by atoms with E-state index in [9.17, 15) is 9.59 Å². The quantitative estimate of drug-likeness (QED) is 0.585. The third kappa shape index (κ3) is 3.14. The number of nitrogens with zero attached hydrogens (tertiary/aromatic N) is 1. The fourth-order valence-corrected chi connectivity index (χ4v) is 1.38. The second-order valence-corrected chi connectivity index (χ2v) is 3.28. The van der Waals surface area contributed by atoms with Gasteiger partial charge in [-0.15, -0.1) is 0 Å². The van der Waals surface area contributed by atoms with Crippen LogP contribution in [0.4, 0.5) is 0 Å². The van der Waals surface area contributed by atoms with Gasteiger partial charge in [0.1, 0.15) is 0 Å². The lowest BCUT2D eigenvalue weighted by molar-refractivity contribution is 0.0599. The maximum absolute atomic E-state index is 11.4. The zero-order valence-electron chi connectivity index (χ0n) is 9.73. The SMILES string of the molecule is C=NCc1cc(C(=O)OC)cc(C(=O)OC)c1. The summed E-state index contributed by atoms with van der Waals surface area (Å²) in [7, 11) is 2.55. The normalized spacial score (nSPS) is 9.53. The maximum Gasteiger partial charge on any atom is 0.337 e. The Balaban J connectivity index is 3.22. The van der Waals surface area contributed by atoms with Crippen LogP contribution in [0.1, 0.15) is 26.3 Å². The highest BCUT2D eigenvalue weighted by Gasteiger charge is 2.13. The Hall–Kier alpha value is -2.17. The first-order chi connectivity index (χ1) is 8.12. The molecule has 17 heavy (non-hydrogen) atoms. The number of rotatable bonds is 4. The van der Waals surface area contributed by atoms with Gasteiger partial charge in [0.2, 0.25) is 0 Å². The highest BCUT2D eigenvalue weighted by atomic mass is 16.5. The number of esters is 2. The van der Waals surface area contributed by atoms with E-state index in [2.05, 4.69) is 21.2 Å². The van der Waals surface area contributed by atoms with Crippen molar-refractivity contribution in [3.63, 3.8) is 0 Å². The second-order valence-electron chi connectivity index (χ2n) is 3.28. The van der Waals surface area contributed by atoms with E-state index >= 15 is 0 Å². The lowest BCUT2D eigenvalue weighted by atomic mass is 10.1. The zero-order chi connectivity index (χ0) is 12.8. The van der Waals surface area contributed by atoms with Crippen LogP contribution in [0, 0.1) is 0 Å². The molecule has 0 amide bonds. The summed E-state index contributed by atoms with van der Waals surface area (Å²) in [6.07, 6.45) is 0. The van der Waals surface area contributed by atoms with Crippen molar-refractivity contribution in [1.82, 2.24) is 0 Å². The summed E-state index contributed by atoms with van der Waals surface area (Å²) in [4.78, 5) is 26.5. The van der Waals surface area contributed by atoms with Crippen molar-refractivity contribution >= 4 is 18.7 Å². The molecule has 0 aliphatic carbocycles. The van der Waals surface area contributed by atoms with E-state index in [0.717, 1.165) is 0 Å². The van der Waals surface area contributed by atoms with E-state index in [-0.39, 0.29) is 11.1 Å². The van der Waals surface area contributed by atoms with Gasteiger partial charge in [-0.1, -0.05) is 0 Å². The van der Waals surface area contributed by atoms with Crippen molar-refractivity contribution in [3.05, 3.63) is 34.9 Å². The third-order valence-electron chi connectivity index (χ3n) is 2.13. The lowest BCUT2D eigenvalue weighted by Crippen LogP contribution is -2.07. The van der Waals surface area contributed by atoms with Gasteiger partial charge in [0.05, 0.1) is 31.9 Å². The van der Waals surface area contributed by atoms with Crippen LogP contribution >= 0.6 is 0 Å². The number of methoxy groups -OCH3 is 2. The van der Waals surface area contributed by atoms with Crippen molar-refractivity contribution in [2.75, 3.05) is 14.2 Å². The molecule has 0 saturated carbocycles. The van der Waals surface area contributed by atoms with Crippen LogP contribution in [0.5, 0.6) is 0 Å². The van der Waals surface area contributed by atoms with E-state index < -0.39 is 11.9 Å². The fourth-order valence-electron chi connectivity index (χ4n) is 1.38. The van der Waals surface area contributed by atoms with Crippen molar-refractivity contribution in [2.45, 2.75) is 6.54 Å². The Morgan fingerprint density at radius 2 is 1.59 bits per heavy atom. The molecule has 0 radical (unpaired) electrons. The molecule has 1 rings (SSSR count). The molecule has 5 heteroatoms. The van der Waals surface area contributed by atoms with Gasteiger partial charge in [0, 0.05) is 0 Å². The van der Waals surface area contributed by atoms with Gasteiger partial charge in [-0.2, -0.15) is 0 Å². The van der Waals surface area contributed by atoms with Gasteiger partial charge in [0.15, 0.2) is 0 Å². The molecular formula is C12H13NO4. The van der Waals surface area contributed by atoms with Gasteiger partial charge in [-0.25, -0.2) is 9.59 Å². The largest absolute Gasteiger partial charge is 0.465 e. The summed E-state index contributed by atoms with van der Waals surface area (Å²) in [6.45, 7) is 3.68. The summed E-state index contributed by atoms with van der Waals surface area (Å²) in [6, 6.07) is 4.63. The van der Waals surface area contributed by atoms with Gasteiger partial charge < -0.3 is 9.47 Å². The molecule has 0 saturated heterocycles. The monoisotopic (exact) mass is 235 g/mol. The molecule has 0 N–H and O–H groups in total. The minimum atomic E-state index is -0.513. The van der Waals surface area contributed by atoms with E-state index in [1.54, 1.807) is 12.1 Å². The molecule has 5 nitrogen and oxygen atoms in total. The highest BCUT2D eigenvalue weighted by Crippen LogP contribution is 2.13. The Bertz CT molecular complexity index is 420. The van der Waals surface area contributed by atoms with E-state index in [1.807, 2.05) is 0 Å². The molecule has 0 atom stereocenters. The third-order valence-corrected chi connectivity index (χ3v) is 2.13. The van der Waals surface area contributed by atoms with Crippen molar-refractivity contribution in [2.24, 2.45) is 4.99 Å². The predicted molar refractivity (Wildman–Crippen MR) is 62.4 cm³/mol. The number of aliphatic imine (C=N–C) groups is 1. The molecule has 0 aliphatic rings. The Kier molecular flexibility index (Phi) is 4.39. The van der Waals surface area contributed by atoms with Crippen LogP contribution in [0.3, 0.4) is 0 Å². The van der Waals surface area contributed by atoms with Crippen molar-refractivity contribution in [1.29, 1.82) is 0 Å². The number of hydrogen-bond donors (Lipinski definition) is 0. The molecule has 0 heterocycles. The molecule has 0 spiro atoms. The Morgan fingerprint density at radius 1 is 1.12 bits per heavy atom. The summed E-state index contributed by atoms with van der Waals surface area (Å²) in [5, 5.41) is 0. The maximum atomic E-state index is 11.4. The number of carbonyl (C=O) groups excluding carboxylic acids is 2. The number of hydrogen-bond acceptors (Lipinski definition) is 5. The minimum absolute atomic E-state index is 0.286. The van der Waals surface area contributed by atoms with Crippen molar-refractivity contribution < 1.29 is 19.1 Å². The summed E-state index contributed by atoms with van der Waals surface area (Å²) in [5.74, 6) is -1.03. The van der Waals surface area contributed by atoms with Crippen LogP contribution in [0.25, 0.3) is 0 Å². The number of carbonyl (C=O) groups is 2. The number of ether oxygens (including phenoxy) is 2. The first-order valence-electron chi connectivity index (χ1n) is 4.85. The van der Waals surface area contributed by atoms with E-state index in [4.69, 9.17) is 0 Å². The summed E-state index contributed by atoms with van der Waals surface area (Å²) in [5.41, 5.74) is 1.27. The Labute approximate surface area is 99.1 Å². The highest BCUT2D eigenvalue weighted by molar-refractivity contribution is 5.95. The molecule has 90 valence electrons. The summed E-state index contributed by atoms with van der Waals surface area (Å²) >= 11 is 0. The van der Waals surface area contributed by atoms with Crippen LogP contribution in [-0.4, -0.2) is 32.9 Å². The predicted octanol–water partition coefficient (Wildman–Crippen LogP) is 1.46. The van der Waals surface area contributed by atoms with Crippen LogP contribution < -0.4 is 0 Å². The smallest absolute Gasteiger partial charge is 0.337 e. The second kappa shape index (κ2) is 5.79. The topological polar surface area (TPSA) is 65.0 Å². The Morgan fingerprint density at radius 3 is 1.94 bits per heavy atom. The molecule has 0 bridgehead atoms. The zero-order valence-corrected chi connectivity index (χ0v) is 9.73. The molecular weight excluding hydrogens is 222 g/mol. The molecule has 1 aromatic rings. The first kappa shape index (κ1) is 12.9. The molecule has 1 aromatic carbocycles. The fraction of sp³-hybridized carbons (Fsp3) is 0.250. The molecule has 0 aliphatic heterocycles. The van der Waals surface area contributed by atoms with Gasteiger partial charge >= 0.3 is 11.9 Å². The van der Waals surface area contributed by atoms with Crippen LogP contribution in [0.2, 0.25) is 0 Å². The number of benzene rings is 1. The first-order valence-corrected chi connectivity index (χ1v) is 4.85. The summed E-state index contributed by atoms with van der Waals surface area (Å²) < 4.78 is 9.20. The standard InChI is InChI=1S/C12H13NO4/c1-13-7-8-4-9(11(14)16-2)6-10(5-8)12(15)17-3/h4-6H,1,7H2,2-3H3. The van der Waals surface area contributed by atoms with Crippen LogP contribution in [0.15, 0.2) is 23.2 Å². The van der Waals surface area contributed by atoms with Crippen LogP contribution in [-0.2, 0) is 16.0 Å². The average Bonchev–Trinajstić information content (AvgIpc) is 2.36.